The zero-order chi connectivity index (χ0) is 8.69. The van der Waals surface area contributed by atoms with E-state index in [0.717, 1.165) is 0 Å². The highest BCUT2D eigenvalue weighted by atomic mass is 16.5. The van der Waals surface area contributed by atoms with Crippen molar-refractivity contribution >= 4 is 5.78 Å². The first-order valence-electron chi connectivity index (χ1n) is 3.79. The maximum absolute atomic E-state index is 10.9. The van der Waals surface area contributed by atoms with E-state index in [0.29, 0.717) is 13.0 Å². The number of methoxy groups -OCH3 is 1. The summed E-state index contributed by atoms with van der Waals surface area (Å²) in [6.45, 7) is 4.51. The van der Waals surface area contributed by atoms with Gasteiger partial charge in [-0.2, -0.15) is 0 Å². The topological polar surface area (TPSA) is 35.5 Å². The summed E-state index contributed by atoms with van der Waals surface area (Å²) >= 11 is 0. The van der Waals surface area contributed by atoms with Gasteiger partial charge >= 0.3 is 0 Å². The molecule has 0 aromatic heterocycles. The molecule has 0 rings (SSSR count). The Bertz CT molecular complexity index is 110. The standard InChI is InChI=1S/C8H16O3/c1-7(2)11-6-8(9)4-5-10-3/h7H,4-6H2,1-3H3. The number of hydrogen-bond acceptors (Lipinski definition) is 3. The maximum atomic E-state index is 10.9. The van der Waals surface area contributed by atoms with Crippen LogP contribution in [0, 0.1) is 0 Å². The van der Waals surface area contributed by atoms with E-state index in [1.54, 1.807) is 7.11 Å². The summed E-state index contributed by atoms with van der Waals surface area (Å²) in [4.78, 5) is 10.9. The first-order chi connectivity index (χ1) is 5.16. The summed E-state index contributed by atoms with van der Waals surface area (Å²) in [6.07, 6.45) is 0.574. The molecule has 0 unspecified atom stereocenters. The molecule has 66 valence electrons. The van der Waals surface area contributed by atoms with Gasteiger partial charge in [0.15, 0.2) is 5.78 Å². The van der Waals surface area contributed by atoms with Crippen LogP contribution in [0.25, 0.3) is 0 Å². The van der Waals surface area contributed by atoms with Gasteiger partial charge < -0.3 is 9.47 Å². The van der Waals surface area contributed by atoms with Crippen molar-refractivity contribution in [2.75, 3.05) is 20.3 Å². The molecule has 0 fully saturated rings. The number of ether oxygens (including phenoxy) is 2. The molecule has 0 atom stereocenters. The van der Waals surface area contributed by atoms with Crippen molar-refractivity contribution in [1.82, 2.24) is 0 Å². The molecule has 3 nitrogen and oxygen atoms in total. The summed E-state index contributed by atoms with van der Waals surface area (Å²) < 4.78 is 9.84. The van der Waals surface area contributed by atoms with E-state index in [4.69, 9.17) is 9.47 Å². The molecule has 0 aliphatic carbocycles. The number of hydrogen-bond donors (Lipinski definition) is 0. The van der Waals surface area contributed by atoms with Gasteiger partial charge in [0, 0.05) is 13.5 Å². The third kappa shape index (κ3) is 7.49. The Labute approximate surface area is 67.7 Å². The van der Waals surface area contributed by atoms with Crippen LogP contribution in [0.4, 0.5) is 0 Å². The molecule has 0 heterocycles. The highest BCUT2D eigenvalue weighted by molar-refractivity contribution is 5.79. The number of carbonyl (C=O) groups is 1. The second-order valence-corrected chi connectivity index (χ2v) is 2.64. The molecule has 0 radical (unpaired) electrons. The van der Waals surface area contributed by atoms with E-state index in [-0.39, 0.29) is 18.5 Å². The van der Waals surface area contributed by atoms with E-state index in [1.165, 1.54) is 0 Å². The Balaban J connectivity index is 3.23. The minimum atomic E-state index is 0.0977. The molecule has 0 aromatic carbocycles. The molecule has 0 bridgehead atoms. The van der Waals surface area contributed by atoms with Crippen molar-refractivity contribution in [3.05, 3.63) is 0 Å². The van der Waals surface area contributed by atoms with Crippen LogP contribution >= 0.6 is 0 Å². The number of Topliss-reactive ketones (excluding diaryl/α,β-unsaturated/α-hetero) is 1. The zero-order valence-corrected chi connectivity index (χ0v) is 7.42. The Morgan fingerprint density at radius 3 is 2.55 bits per heavy atom. The van der Waals surface area contributed by atoms with Crippen molar-refractivity contribution in [3.8, 4) is 0 Å². The van der Waals surface area contributed by atoms with Crippen LogP contribution in [0.3, 0.4) is 0 Å². The summed E-state index contributed by atoms with van der Waals surface area (Å²) in [7, 11) is 1.58. The van der Waals surface area contributed by atoms with Gasteiger partial charge in [-0.15, -0.1) is 0 Å². The lowest BCUT2D eigenvalue weighted by Gasteiger charge is -2.05. The van der Waals surface area contributed by atoms with Crippen LogP contribution in [-0.4, -0.2) is 32.2 Å². The lowest BCUT2D eigenvalue weighted by atomic mass is 10.3. The molecule has 0 saturated carbocycles. The van der Waals surface area contributed by atoms with Gasteiger partial charge in [-0.1, -0.05) is 0 Å². The van der Waals surface area contributed by atoms with E-state index >= 15 is 0 Å². The SMILES string of the molecule is COCCC(=O)COC(C)C. The molecular weight excluding hydrogens is 144 g/mol. The van der Waals surface area contributed by atoms with Gasteiger partial charge in [-0.05, 0) is 13.8 Å². The van der Waals surface area contributed by atoms with Gasteiger partial charge in [0.2, 0.25) is 0 Å². The fourth-order valence-corrected chi connectivity index (χ4v) is 0.548. The molecule has 0 spiro atoms. The molecule has 3 heteroatoms. The molecule has 0 aromatic rings. The van der Waals surface area contributed by atoms with Gasteiger partial charge in [0.1, 0.15) is 6.61 Å². The van der Waals surface area contributed by atoms with Gasteiger partial charge in [0.25, 0.3) is 0 Å². The number of ketones is 1. The van der Waals surface area contributed by atoms with Crippen LogP contribution < -0.4 is 0 Å². The van der Waals surface area contributed by atoms with Crippen LogP contribution in [0.5, 0.6) is 0 Å². The lowest BCUT2D eigenvalue weighted by Crippen LogP contribution is -2.14. The molecular formula is C8H16O3. The quantitative estimate of drug-likeness (QED) is 0.582. The maximum Gasteiger partial charge on any atom is 0.160 e. The Kier molecular flexibility index (Phi) is 6.07. The zero-order valence-electron chi connectivity index (χ0n) is 7.42. The highest BCUT2D eigenvalue weighted by Crippen LogP contribution is 1.90. The van der Waals surface area contributed by atoms with Crippen molar-refractivity contribution < 1.29 is 14.3 Å². The summed E-state index contributed by atoms with van der Waals surface area (Å²) in [5.74, 6) is 0.0977. The summed E-state index contributed by atoms with van der Waals surface area (Å²) in [6, 6.07) is 0. The average molecular weight is 160 g/mol. The number of carbonyl (C=O) groups excluding carboxylic acids is 1. The summed E-state index contributed by atoms with van der Waals surface area (Å²) in [5.41, 5.74) is 0. The van der Waals surface area contributed by atoms with Crippen molar-refractivity contribution in [2.45, 2.75) is 26.4 Å². The molecule has 0 aliphatic rings. The fraction of sp³-hybridized carbons (Fsp3) is 0.875. The van der Waals surface area contributed by atoms with Crippen LogP contribution in [0.1, 0.15) is 20.3 Å². The molecule has 0 saturated heterocycles. The first kappa shape index (κ1) is 10.6. The van der Waals surface area contributed by atoms with Gasteiger partial charge in [-0.25, -0.2) is 0 Å². The fourth-order valence-electron chi connectivity index (χ4n) is 0.548. The predicted octanol–water partition coefficient (Wildman–Crippen LogP) is 1.02. The van der Waals surface area contributed by atoms with Crippen molar-refractivity contribution in [1.29, 1.82) is 0 Å². The molecule has 0 amide bonds. The molecule has 11 heavy (non-hydrogen) atoms. The van der Waals surface area contributed by atoms with Crippen LogP contribution in [-0.2, 0) is 14.3 Å². The van der Waals surface area contributed by atoms with E-state index in [1.807, 2.05) is 13.8 Å². The van der Waals surface area contributed by atoms with E-state index in [2.05, 4.69) is 0 Å². The lowest BCUT2D eigenvalue weighted by molar-refractivity contribution is -0.125. The van der Waals surface area contributed by atoms with E-state index < -0.39 is 0 Å². The summed E-state index contributed by atoms with van der Waals surface area (Å²) in [5, 5.41) is 0. The monoisotopic (exact) mass is 160 g/mol. The van der Waals surface area contributed by atoms with Gasteiger partial charge in [0.05, 0.1) is 12.7 Å². The minimum Gasteiger partial charge on any atom is -0.384 e. The smallest absolute Gasteiger partial charge is 0.160 e. The molecule has 0 aliphatic heterocycles. The van der Waals surface area contributed by atoms with Gasteiger partial charge in [-0.3, -0.25) is 4.79 Å². The predicted molar refractivity (Wildman–Crippen MR) is 42.6 cm³/mol. The van der Waals surface area contributed by atoms with Crippen LogP contribution in [0.2, 0.25) is 0 Å². The Morgan fingerprint density at radius 1 is 1.45 bits per heavy atom. The third-order valence-corrected chi connectivity index (χ3v) is 1.16. The van der Waals surface area contributed by atoms with E-state index in [9.17, 15) is 4.79 Å². The Hall–Kier alpha value is -0.410. The average Bonchev–Trinajstić information content (AvgIpc) is 1.97. The first-order valence-corrected chi connectivity index (χ1v) is 3.79. The third-order valence-electron chi connectivity index (χ3n) is 1.16. The molecule has 0 N–H and O–H groups in total. The van der Waals surface area contributed by atoms with Crippen LogP contribution in [0.15, 0.2) is 0 Å². The van der Waals surface area contributed by atoms with Crippen molar-refractivity contribution in [2.24, 2.45) is 0 Å². The highest BCUT2D eigenvalue weighted by Gasteiger charge is 2.02. The largest absolute Gasteiger partial charge is 0.384 e. The normalized spacial score (nSPS) is 10.5. The second-order valence-electron chi connectivity index (χ2n) is 2.64. The number of rotatable bonds is 6. The second kappa shape index (κ2) is 6.31. The minimum absolute atomic E-state index is 0.0977. The Morgan fingerprint density at radius 2 is 2.09 bits per heavy atom. The van der Waals surface area contributed by atoms with Crippen molar-refractivity contribution in [3.63, 3.8) is 0 Å².